The lowest BCUT2D eigenvalue weighted by atomic mass is 10.2. The molecule has 0 unspecified atom stereocenters. The molecule has 22 heavy (non-hydrogen) atoms. The molecule has 0 amide bonds. The van der Waals surface area contributed by atoms with Crippen molar-refractivity contribution in [3.8, 4) is 0 Å². The number of nitrogens with zero attached hydrogens (tertiary/aromatic N) is 7. The number of anilines is 1. The molecule has 1 saturated heterocycles. The third-order valence-electron chi connectivity index (χ3n) is 4.32. The van der Waals surface area contributed by atoms with Crippen LogP contribution >= 0.6 is 0 Å². The van der Waals surface area contributed by atoms with E-state index in [4.69, 9.17) is 0 Å². The highest BCUT2D eigenvalue weighted by atomic mass is 15.3. The minimum absolute atomic E-state index is 0.414. The molecule has 0 spiro atoms. The normalized spacial score (nSPS) is 18.5. The maximum atomic E-state index is 4.53. The Morgan fingerprint density at radius 2 is 2.14 bits per heavy atom. The molecule has 3 aromatic heterocycles. The standard InChI is InChI=1S/C15H19N7/c1-11-6-19-21(8-11)9-12-4-3-5-22(12)15-13-7-18-20(2)14(13)16-10-17-15/h6-8,10,12H,3-5,9H2,1-2H3/t12-/m0/s1. The summed E-state index contributed by atoms with van der Waals surface area (Å²) in [5, 5.41) is 9.75. The fourth-order valence-corrected chi connectivity index (χ4v) is 3.27. The predicted octanol–water partition coefficient (Wildman–Crippen LogP) is 1.54. The van der Waals surface area contributed by atoms with Gasteiger partial charge in [0, 0.05) is 19.8 Å². The van der Waals surface area contributed by atoms with Crippen LogP contribution in [0.3, 0.4) is 0 Å². The fraction of sp³-hybridized carbons (Fsp3) is 0.467. The Hall–Kier alpha value is -2.44. The van der Waals surface area contributed by atoms with Crippen LogP contribution in [0.25, 0.3) is 11.0 Å². The summed E-state index contributed by atoms with van der Waals surface area (Å²) in [5.41, 5.74) is 2.08. The summed E-state index contributed by atoms with van der Waals surface area (Å²) in [6.07, 6.45) is 9.83. The highest BCUT2D eigenvalue weighted by Crippen LogP contribution is 2.29. The minimum Gasteiger partial charge on any atom is -0.351 e. The minimum atomic E-state index is 0.414. The van der Waals surface area contributed by atoms with Crippen LogP contribution in [-0.4, -0.2) is 42.1 Å². The summed E-state index contributed by atoms with van der Waals surface area (Å²) < 4.78 is 3.82. The van der Waals surface area contributed by atoms with Crippen molar-refractivity contribution in [2.45, 2.75) is 32.4 Å². The van der Waals surface area contributed by atoms with Gasteiger partial charge in [0.2, 0.25) is 0 Å². The lowest BCUT2D eigenvalue weighted by molar-refractivity contribution is 0.507. The van der Waals surface area contributed by atoms with Crippen molar-refractivity contribution in [2.24, 2.45) is 7.05 Å². The van der Waals surface area contributed by atoms with E-state index in [0.29, 0.717) is 6.04 Å². The smallest absolute Gasteiger partial charge is 0.163 e. The van der Waals surface area contributed by atoms with Crippen molar-refractivity contribution in [1.29, 1.82) is 0 Å². The van der Waals surface area contributed by atoms with Crippen molar-refractivity contribution < 1.29 is 0 Å². The highest BCUT2D eigenvalue weighted by molar-refractivity contribution is 5.86. The van der Waals surface area contributed by atoms with E-state index in [0.717, 1.165) is 36.4 Å². The number of fused-ring (bicyclic) bond motifs is 1. The van der Waals surface area contributed by atoms with Crippen LogP contribution in [0.1, 0.15) is 18.4 Å². The molecule has 7 heteroatoms. The summed E-state index contributed by atoms with van der Waals surface area (Å²) in [6.45, 7) is 3.98. The molecular weight excluding hydrogens is 278 g/mol. The van der Waals surface area contributed by atoms with Crippen LogP contribution in [-0.2, 0) is 13.6 Å². The topological polar surface area (TPSA) is 64.7 Å². The van der Waals surface area contributed by atoms with E-state index in [1.807, 2.05) is 24.1 Å². The van der Waals surface area contributed by atoms with Crippen LogP contribution < -0.4 is 4.90 Å². The van der Waals surface area contributed by atoms with E-state index >= 15 is 0 Å². The Kier molecular flexibility index (Phi) is 3.06. The molecule has 0 saturated carbocycles. The molecule has 0 bridgehead atoms. The summed E-state index contributed by atoms with van der Waals surface area (Å²) in [5.74, 6) is 0.990. The molecule has 0 N–H and O–H groups in total. The maximum absolute atomic E-state index is 4.53. The number of hydrogen-bond acceptors (Lipinski definition) is 5. The molecule has 1 aliphatic rings. The molecule has 1 atom stereocenters. The molecule has 0 radical (unpaired) electrons. The Morgan fingerprint density at radius 3 is 2.95 bits per heavy atom. The molecule has 0 aliphatic carbocycles. The summed E-state index contributed by atoms with van der Waals surface area (Å²) in [7, 11) is 1.91. The third kappa shape index (κ3) is 2.13. The van der Waals surface area contributed by atoms with E-state index in [1.54, 1.807) is 11.0 Å². The van der Waals surface area contributed by atoms with E-state index < -0.39 is 0 Å². The van der Waals surface area contributed by atoms with Crippen LogP contribution in [0.4, 0.5) is 5.82 Å². The lowest BCUT2D eigenvalue weighted by Crippen LogP contribution is -2.33. The number of aromatic nitrogens is 6. The van der Waals surface area contributed by atoms with Gasteiger partial charge in [-0.1, -0.05) is 0 Å². The van der Waals surface area contributed by atoms with Crippen LogP contribution in [0.2, 0.25) is 0 Å². The molecule has 1 aliphatic heterocycles. The van der Waals surface area contributed by atoms with Gasteiger partial charge in [0.15, 0.2) is 5.65 Å². The molecule has 4 rings (SSSR count). The highest BCUT2D eigenvalue weighted by Gasteiger charge is 2.28. The van der Waals surface area contributed by atoms with E-state index in [1.165, 1.54) is 12.0 Å². The maximum Gasteiger partial charge on any atom is 0.163 e. The fourth-order valence-electron chi connectivity index (χ4n) is 3.27. The molecule has 0 aromatic carbocycles. The Labute approximate surface area is 128 Å². The van der Waals surface area contributed by atoms with Gasteiger partial charge in [0.05, 0.1) is 30.4 Å². The van der Waals surface area contributed by atoms with Crippen LogP contribution in [0.15, 0.2) is 24.9 Å². The SMILES string of the molecule is Cc1cnn(C[C@@H]2CCCN2c2ncnc3c2cnn3C)c1. The Balaban J connectivity index is 1.67. The van der Waals surface area contributed by atoms with Gasteiger partial charge >= 0.3 is 0 Å². The molecule has 114 valence electrons. The van der Waals surface area contributed by atoms with Crippen molar-refractivity contribution in [1.82, 2.24) is 29.5 Å². The first kappa shape index (κ1) is 13.2. The first-order valence-corrected chi connectivity index (χ1v) is 7.61. The van der Waals surface area contributed by atoms with Crippen molar-refractivity contribution in [3.05, 3.63) is 30.5 Å². The summed E-state index contributed by atoms with van der Waals surface area (Å²) >= 11 is 0. The van der Waals surface area contributed by atoms with E-state index in [2.05, 4.69) is 38.2 Å². The third-order valence-corrected chi connectivity index (χ3v) is 4.32. The second-order valence-electron chi connectivity index (χ2n) is 5.93. The monoisotopic (exact) mass is 297 g/mol. The largest absolute Gasteiger partial charge is 0.351 e. The first-order valence-electron chi connectivity index (χ1n) is 7.61. The first-order chi connectivity index (χ1) is 10.7. The second-order valence-corrected chi connectivity index (χ2v) is 5.93. The van der Waals surface area contributed by atoms with Gasteiger partial charge in [-0.05, 0) is 25.3 Å². The summed E-state index contributed by atoms with van der Waals surface area (Å²) in [6, 6.07) is 0.414. The van der Waals surface area contributed by atoms with Crippen molar-refractivity contribution in [3.63, 3.8) is 0 Å². The lowest BCUT2D eigenvalue weighted by Gasteiger charge is -2.26. The average Bonchev–Trinajstić information content (AvgIpc) is 3.21. The van der Waals surface area contributed by atoms with Gasteiger partial charge in [-0.15, -0.1) is 0 Å². The molecule has 3 aromatic rings. The van der Waals surface area contributed by atoms with Gasteiger partial charge in [0.1, 0.15) is 12.1 Å². The average molecular weight is 297 g/mol. The quantitative estimate of drug-likeness (QED) is 0.733. The van der Waals surface area contributed by atoms with Gasteiger partial charge < -0.3 is 4.90 Å². The number of aryl methyl sites for hydroxylation is 2. The summed E-state index contributed by atoms with van der Waals surface area (Å²) in [4.78, 5) is 11.2. The van der Waals surface area contributed by atoms with Crippen molar-refractivity contribution >= 4 is 16.9 Å². The van der Waals surface area contributed by atoms with Gasteiger partial charge in [-0.3, -0.25) is 9.36 Å². The van der Waals surface area contributed by atoms with Gasteiger partial charge in [-0.2, -0.15) is 10.2 Å². The van der Waals surface area contributed by atoms with Gasteiger partial charge in [0.25, 0.3) is 0 Å². The second kappa shape index (κ2) is 5.08. The van der Waals surface area contributed by atoms with E-state index in [9.17, 15) is 0 Å². The predicted molar refractivity (Wildman–Crippen MR) is 83.6 cm³/mol. The molecular formula is C15H19N7. The zero-order chi connectivity index (χ0) is 15.1. The van der Waals surface area contributed by atoms with Crippen molar-refractivity contribution in [2.75, 3.05) is 11.4 Å². The molecule has 1 fully saturated rings. The number of hydrogen-bond donors (Lipinski definition) is 0. The Bertz CT molecular complexity index is 803. The van der Waals surface area contributed by atoms with Crippen LogP contribution in [0.5, 0.6) is 0 Å². The van der Waals surface area contributed by atoms with Gasteiger partial charge in [-0.25, -0.2) is 9.97 Å². The molecule has 7 nitrogen and oxygen atoms in total. The van der Waals surface area contributed by atoms with E-state index in [-0.39, 0.29) is 0 Å². The Morgan fingerprint density at radius 1 is 1.23 bits per heavy atom. The zero-order valence-corrected chi connectivity index (χ0v) is 12.8. The zero-order valence-electron chi connectivity index (χ0n) is 12.8. The molecule has 4 heterocycles. The number of rotatable bonds is 3. The van der Waals surface area contributed by atoms with Crippen LogP contribution in [0, 0.1) is 6.92 Å².